The van der Waals surface area contributed by atoms with Gasteiger partial charge in [-0.3, -0.25) is 0 Å². The summed E-state index contributed by atoms with van der Waals surface area (Å²) in [6.45, 7) is 13.3. The normalized spacial score (nSPS) is 12.2. The molecule has 2 aromatic carbocycles. The molecule has 0 saturated heterocycles. The first-order valence-electron chi connectivity index (χ1n) is 10.2. The van der Waals surface area contributed by atoms with Crippen molar-refractivity contribution < 1.29 is 25.9 Å². The molecule has 0 aromatic heterocycles. The minimum atomic E-state index is -4.40. The van der Waals surface area contributed by atoms with E-state index in [0.29, 0.717) is 0 Å². The average Bonchev–Trinajstić information content (AvgIpc) is 2.59. The number of hydrogen-bond donors (Lipinski definition) is 0. The van der Waals surface area contributed by atoms with E-state index in [4.69, 9.17) is 0 Å². The highest BCUT2D eigenvalue weighted by molar-refractivity contribution is 7.86. The van der Waals surface area contributed by atoms with Gasteiger partial charge in [0.1, 0.15) is 9.79 Å². The van der Waals surface area contributed by atoms with Crippen LogP contribution in [0.5, 0.6) is 0 Å². The van der Waals surface area contributed by atoms with Gasteiger partial charge in [0.2, 0.25) is 0 Å². The molecule has 0 saturated carbocycles. The van der Waals surface area contributed by atoms with E-state index in [1.807, 2.05) is 0 Å². The predicted octanol–water partition coefficient (Wildman–Crippen LogP) is 3.18. The fourth-order valence-corrected chi connectivity index (χ4v) is 3.86. The molecule has 6 nitrogen and oxygen atoms in total. The van der Waals surface area contributed by atoms with E-state index in [1.54, 1.807) is 0 Å². The van der Waals surface area contributed by atoms with Gasteiger partial charge in [-0.2, -0.15) is 0 Å². The first-order valence-corrected chi connectivity index (χ1v) is 14.4. The molecule has 0 aliphatic rings. The van der Waals surface area contributed by atoms with Crippen LogP contribution in [-0.2, 0) is 56.3 Å². The molecular formula is C23H36O6S4. The average molecular weight is 537 g/mol. The summed E-state index contributed by atoms with van der Waals surface area (Å²) in [7, 11) is -8.80. The quantitative estimate of drug-likeness (QED) is 0.438. The van der Waals surface area contributed by atoms with Crippen LogP contribution in [0.25, 0.3) is 0 Å². The third-order valence-electron chi connectivity index (χ3n) is 4.29. The SMILES string of the molecule is CC(C)(C)c1ccc([SH2+])cc1.CC(C)(C)c1ccc([SH2+])cc1.O=S(=O)([O-])CCCS(=O)(=O)[O-]. The summed E-state index contributed by atoms with van der Waals surface area (Å²) < 4.78 is 59.2. The lowest BCUT2D eigenvalue weighted by Crippen LogP contribution is -2.11. The van der Waals surface area contributed by atoms with Crippen molar-refractivity contribution in [2.75, 3.05) is 11.5 Å². The molecule has 0 aliphatic heterocycles. The van der Waals surface area contributed by atoms with Crippen LogP contribution in [0.3, 0.4) is 0 Å². The van der Waals surface area contributed by atoms with Crippen LogP contribution < -0.4 is 0 Å². The lowest BCUT2D eigenvalue weighted by atomic mass is 9.87. The van der Waals surface area contributed by atoms with Gasteiger partial charge in [0.05, 0.1) is 20.2 Å². The van der Waals surface area contributed by atoms with Crippen molar-refractivity contribution in [3.63, 3.8) is 0 Å². The van der Waals surface area contributed by atoms with E-state index in [1.165, 1.54) is 11.1 Å². The lowest BCUT2D eigenvalue weighted by molar-refractivity contribution is 0.457. The monoisotopic (exact) mass is 536 g/mol. The van der Waals surface area contributed by atoms with Crippen LogP contribution in [-0.4, -0.2) is 37.4 Å². The van der Waals surface area contributed by atoms with Crippen molar-refractivity contribution in [1.82, 2.24) is 0 Å². The molecule has 2 rings (SSSR count). The minimum absolute atomic E-state index is 0.264. The highest BCUT2D eigenvalue weighted by Gasteiger charge is 2.13. The zero-order valence-corrected chi connectivity index (χ0v) is 23.6. The van der Waals surface area contributed by atoms with Crippen LogP contribution in [0.1, 0.15) is 59.1 Å². The summed E-state index contributed by atoms with van der Waals surface area (Å²) in [5.74, 6) is -1.62. The Labute approximate surface area is 210 Å². The molecule has 0 atom stereocenters. The van der Waals surface area contributed by atoms with Gasteiger partial charge in [-0.15, -0.1) is 0 Å². The number of rotatable bonds is 4. The maximum Gasteiger partial charge on any atom is 0.150 e. The highest BCUT2D eigenvalue weighted by Crippen LogP contribution is 2.22. The van der Waals surface area contributed by atoms with Gasteiger partial charge in [0, 0.05) is 11.5 Å². The lowest BCUT2D eigenvalue weighted by Gasteiger charge is -2.18. The van der Waals surface area contributed by atoms with Crippen LogP contribution in [0.4, 0.5) is 0 Å². The Morgan fingerprint density at radius 1 is 0.606 bits per heavy atom. The Morgan fingerprint density at radius 2 is 0.848 bits per heavy atom. The summed E-state index contributed by atoms with van der Waals surface area (Å²) in [4.78, 5) is 2.27. The molecular weight excluding hydrogens is 501 g/mol. The van der Waals surface area contributed by atoms with Crippen LogP contribution in [0.2, 0.25) is 0 Å². The fourth-order valence-electron chi connectivity index (χ4n) is 2.35. The Morgan fingerprint density at radius 3 is 1.03 bits per heavy atom. The molecule has 0 N–H and O–H groups in total. The molecule has 0 spiro atoms. The van der Waals surface area contributed by atoms with Crippen molar-refractivity contribution >= 4 is 45.5 Å². The second-order valence-corrected chi connectivity index (χ2v) is 13.7. The van der Waals surface area contributed by atoms with E-state index in [9.17, 15) is 25.9 Å². The molecule has 0 fully saturated rings. The minimum Gasteiger partial charge on any atom is -0.748 e. The third-order valence-corrected chi connectivity index (χ3v) is 6.53. The molecule has 0 amide bonds. The van der Waals surface area contributed by atoms with Crippen LogP contribution >= 0.6 is 0 Å². The van der Waals surface area contributed by atoms with Gasteiger partial charge >= 0.3 is 0 Å². The van der Waals surface area contributed by atoms with Crippen LogP contribution in [0, 0.1) is 0 Å². The van der Waals surface area contributed by atoms with Gasteiger partial charge in [0.25, 0.3) is 0 Å². The molecule has 0 unspecified atom stereocenters. The van der Waals surface area contributed by atoms with Crippen molar-refractivity contribution in [2.45, 2.75) is 68.6 Å². The number of benzene rings is 2. The molecule has 0 bridgehead atoms. The summed E-state index contributed by atoms with van der Waals surface area (Å²) >= 11 is 6.92. The van der Waals surface area contributed by atoms with E-state index in [2.05, 4.69) is 115 Å². The zero-order chi connectivity index (χ0) is 26.1. The zero-order valence-electron chi connectivity index (χ0n) is 20.0. The maximum absolute atomic E-state index is 9.86. The van der Waals surface area contributed by atoms with E-state index in [-0.39, 0.29) is 10.8 Å². The van der Waals surface area contributed by atoms with E-state index in [0.717, 1.165) is 9.79 Å². The molecule has 10 heteroatoms. The van der Waals surface area contributed by atoms with E-state index < -0.39 is 38.2 Å². The van der Waals surface area contributed by atoms with Gasteiger partial charge in [-0.1, -0.05) is 65.8 Å². The van der Waals surface area contributed by atoms with Gasteiger partial charge < -0.3 is 9.11 Å². The Hall–Kier alpha value is -1.04. The summed E-state index contributed by atoms with van der Waals surface area (Å²) in [5.41, 5.74) is 3.28. The highest BCUT2D eigenvalue weighted by atomic mass is 32.2. The second-order valence-electron chi connectivity index (χ2n) is 9.53. The van der Waals surface area contributed by atoms with E-state index >= 15 is 0 Å². The number of hydrogen-bond acceptors (Lipinski definition) is 6. The molecule has 2 aromatic rings. The van der Waals surface area contributed by atoms with Gasteiger partial charge in [0.15, 0.2) is 0 Å². The largest absolute Gasteiger partial charge is 0.748 e. The molecule has 0 aliphatic carbocycles. The van der Waals surface area contributed by atoms with Crippen molar-refractivity contribution in [1.29, 1.82) is 0 Å². The fraction of sp³-hybridized carbons (Fsp3) is 0.478. The Kier molecular flexibility index (Phi) is 12.7. The maximum atomic E-state index is 9.86. The Balaban J connectivity index is 0.000000465. The van der Waals surface area contributed by atoms with Crippen molar-refractivity contribution in [2.24, 2.45) is 0 Å². The first kappa shape index (κ1) is 32.0. The van der Waals surface area contributed by atoms with Gasteiger partial charge in [-0.25, -0.2) is 16.8 Å². The van der Waals surface area contributed by atoms with Crippen molar-refractivity contribution in [3.05, 3.63) is 59.7 Å². The third kappa shape index (κ3) is 17.1. The predicted molar refractivity (Wildman–Crippen MR) is 141 cm³/mol. The van der Waals surface area contributed by atoms with Crippen molar-refractivity contribution in [3.8, 4) is 0 Å². The molecule has 0 heterocycles. The second kappa shape index (κ2) is 13.2. The van der Waals surface area contributed by atoms with Gasteiger partial charge in [-0.05, 0) is 77.9 Å². The standard InChI is InChI=1S/2C10H14S.C3H8O6S2/c2*1-10(2,3)8-4-6-9(11)7-5-8;4-10(5,6)2-1-3-11(7,8)9/h2*4-7,11H,1-3H3;1-3H2,(H,4,5,6)(H,7,8,9). The summed E-state index contributed by atoms with van der Waals surface area (Å²) in [6, 6.07) is 16.9. The Bertz CT molecular complexity index is 958. The topological polar surface area (TPSA) is 114 Å². The molecule has 33 heavy (non-hydrogen) atoms. The first-order chi connectivity index (χ1) is 14.7. The summed E-state index contributed by atoms with van der Waals surface area (Å²) in [5, 5.41) is 0. The van der Waals surface area contributed by atoms with Crippen LogP contribution in [0.15, 0.2) is 58.3 Å². The smallest absolute Gasteiger partial charge is 0.150 e. The molecule has 188 valence electrons. The summed E-state index contributed by atoms with van der Waals surface area (Å²) in [6.07, 6.45) is -0.433. The molecule has 0 radical (unpaired) electrons.